The first-order valence-corrected chi connectivity index (χ1v) is 5.78. The minimum atomic E-state index is -0.00740. The van der Waals surface area contributed by atoms with Crippen molar-refractivity contribution in [1.29, 1.82) is 5.26 Å². The molecule has 0 saturated carbocycles. The molecule has 0 aliphatic rings. The van der Waals surface area contributed by atoms with Crippen LogP contribution in [0.1, 0.15) is 31.9 Å². The van der Waals surface area contributed by atoms with Crippen LogP contribution in [0.4, 0.5) is 5.69 Å². The average molecular weight is 240 g/mol. The molecule has 18 heavy (non-hydrogen) atoms. The molecule has 1 aromatic heterocycles. The predicted molar refractivity (Wildman–Crippen MR) is 73.0 cm³/mol. The Balaban J connectivity index is 2.87. The third-order valence-electron chi connectivity index (χ3n) is 2.97. The maximum atomic E-state index is 9.05. The Kier molecular flexibility index (Phi) is 2.93. The minimum Gasteiger partial charge on any atom is -0.322 e. The molecule has 0 unspecified atom stereocenters. The number of nitrogens with zero attached hydrogens (tertiary/aromatic N) is 2. The Bertz CT molecular complexity index is 633. The van der Waals surface area contributed by atoms with Gasteiger partial charge in [0.15, 0.2) is 0 Å². The highest BCUT2D eigenvalue weighted by molar-refractivity contribution is 5.95. The number of anilines is 1. The van der Waals surface area contributed by atoms with Gasteiger partial charge in [0, 0.05) is 11.6 Å². The molecule has 92 valence electrons. The summed E-state index contributed by atoms with van der Waals surface area (Å²) < 4.78 is 0. The topological polar surface area (TPSA) is 74.7 Å². The van der Waals surface area contributed by atoms with Crippen molar-refractivity contribution < 1.29 is 0 Å². The van der Waals surface area contributed by atoms with E-state index in [1.807, 2.05) is 12.1 Å². The molecule has 1 heterocycles. The fourth-order valence-corrected chi connectivity index (χ4v) is 2.07. The van der Waals surface area contributed by atoms with Crippen LogP contribution in [0.2, 0.25) is 0 Å². The molecular formula is C14H16N4. The Morgan fingerprint density at radius 3 is 2.61 bits per heavy atom. The Labute approximate surface area is 106 Å². The van der Waals surface area contributed by atoms with E-state index in [1.54, 1.807) is 6.20 Å². The van der Waals surface area contributed by atoms with Gasteiger partial charge in [0.25, 0.3) is 0 Å². The fraction of sp³-hybridized carbons (Fsp3) is 0.286. The van der Waals surface area contributed by atoms with E-state index in [4.69, 9.17) is 11.1 Å². The second-order valence-electron chi connectivity index (χ2n) is 5.25. The van der Waals surface area contributed by atoms with Crippen molar-refractivity contribution in [1.82, 2.24) is 4.98 Å². The number of hydrogen-bond acceptors (Lipinski definition) is 4. The number of aromatic nitrogens is 1. The smallest absolute Gasteiger partial charge is 0.103 e. The van der Waals surface area contributed by atoms with E-state index >= 15 is 0 Å². The van der Waals surface area contributed by atoms with E-state index in [0.29, 0.717) is 11.3 Å². The van der Waals surface area contributed by atoms with Crippen LogP contribution in [0.5, 0.6) is 0 Å². The maximum absolute atomic E-state index is 9.05. The number of hydrogen-bond donors (Lipinski definition) is 2. The lowest BCUT2D eigenvalue weighted by Gasteiger charge is -2.21. The number of fused-ring (bicyclic) bond motifs is 1. The van der Waals surface area contributed by atoms with Crippen LogP contribution in [0, 0.1) is 11.3 Å². The van der Waals surface area contributed by atoms with Crippen molar-refractivity contribution in [3.63, 3.8) is 0 Å². The van der Waals surface area contributed by atoms with Gasteiger partial charge in [-0.15, -0.1) is 0 Å². The third-order valence-corrected chi connectivity index (χ3v) is 2.97. The first-order chi connectivity index (χ1) is 8.49. The second kappa shape index (κ2) is 4.28. The highest BCUT2D eigenvalue weighted by atomic mass is 15.2. The molecule has 0 bridgehead atoms. The van der Waals surface area contributed by atoms with Gasteiger partial charge in [-0.1, -0.05) is 39.0 Å². The van der Waals surface area contributed by atoms with Crippen molar-refractivity contribution in [2.24, 2.45) is 5.84 Å². The van der Waals surface area contributed by atoms with Crippen molar-refractivity contribution in [2.75, 3.05) is 5.43 Å². The van der Waals surface area contributed by atoms with Crippen molar-refractivity contribution in [2.45, 2.75) is 26.2 Å². The fourth-order valence-electron chi connectivity index (χ4n) is 2.07. The Hall–Kier alpha value is -2.12. The monoisotopic (exact) mass is 240 g/mol. The van der Waals surface area contributed by atoms with Gasteiger partial charge in [-0.25, -0.2) is 0 Å². The first-order valence-electron chi connectivity index (χ1n) is 5.78. The van der Waals surface area contributed by atoms with Crippen molar-refractivity contribution >= 4 is 16.6 Å². The second-order valence-corrected chi connectivity index (χ2v) is 5.25. The highest BCUT2D eigenvalue weighted by Crippen LogP contribution is 2.32. The van der Waals surface area contributed by atoms with E-state index < -0.39 is 0 Å². The van der Waals surface area contributed by atoms with E-state index in [9.17, 15) is 0 Å². The Morgan fingerprint density at radius 1 is 1.33 bits per heavy atom. The average Bonchev–Trinajstić information content (AvgIpc) is 2.35. The van der Waals surface area contributed by atoms with Crippen LogP contribution in [0.15, 0.2) is 24.4 Å². The summed E-state index contributed by atoms with van der Waals surface area (Å²) in [6, 6.07) is 8.04. The summed E-state index contributed by atoms with van der Waals surface area (Å²) in [6.07, 6.45) is 1.56. The zero-order valence-corrected chi connectivity index (χ0v) is 10.8. The quantitative estimate of drug-likeness (QED) is 0.593. The summed E-state index contributed by atoms with van der Waals surface area (Å²) in [5, 5.41) is 9.93. The number of nitrogens with one attached hydrogen (secondary N) is 1. The SMILES string of the molecule is CC(C)(C)c1cccc2c(NN)c(C#N)cnc12. The van der Waals surface area contributed by atoms with Crippen LogP contribution in [0.3, 0.4) is 0 Å². The third kappa shape index (κ3) is 1.89. The van der Waals surface area contributed by atoms with E-state index in [1.165, 1.54) is 0 Å². The summed E-state index contributed by atoms with van der Waals surface area (Å²) in [7, 11) is 0. The summed E-state index contributed by atoms with van der Waals surface area (Å²) in [5.41, 5.74) is 5.71. The zero-order chi connectivity index (χ0) is 13.3. The van der Waals surface area contributed by atoms with Gasteiger partial charge in [0.2, 0.25) is 0 Å². The van der Waals surface area contributed by atoms with Gasteiger partial charge in [-0.05, 0) is 11.0 Å². The number of nitrogen functional groups attached to an aromatic ring is 1. The van der Waals surface area contributed by atoms with Gasteiger partial charge < -0.3 is 5.43 Å². The van der Waals surface area contributed by atoms with E-state index in [-0.39, 0.29) is 5.41 Å². The zero-order valence-electron chi connectivity index (χ0n) is 10.8. The van der Waals surface area contributed by atoms with Crippen LogP contribution in [-0.4, -0.2) is 4.98 Å². The molecule has 0 spiro atoms. The molecule has 0 atom stereocenters. The molecule has 4 nitrogen and oxygen atoms in total. The van der Waals surface area contributed by atoms with Crippen LogP contribution in [0.25, 0.3) is 10.9 Å². The molecule has 0 aliphatic carbocycles. The van der Waals surface area contributed by atoms with E-state index in [0.717, 1.165) is 16.5 Å². The number of para-hydroxylation sites is 1. The molecule has 0 radical (unpaired) electrons. The number of pyridine rings is 1. The molecule has 3 N–H and O–H groups in total. The number of rotatable bonds is 1. The molecule has 0 aliphatic heterocycles. The molecule has 4 heteroatoms. The van der Waals surface area contributed by atoms with Crippen LogP contribution in [-0.2, 0) is 5.41 Å². The van der Waals surface area contributed by atoms with Gasteiger partial charge in [-0.2, -0.15) is 5.26 Å². The van der Waals surface area contributed by atoms with Gasteiger partial charge >= 0.3 is 0 Å². The highest BCUT2D eigenvalue weighted by Gasteiger charge is 2.19. The number of nitrogens with two attached hydrogens (primary N) is 1. The standard InChI is InChI=1S/C14H16N4/c1-14(2,3)11-6-4-5-10-12(18-16)9(7-15)8-17-13(10)11/h4-6,8H,16H2,1-3H3,(H,17,18). The first kappa shape index (κ1) is 12.3. The Morgan fingerprint density at radius 2 is 2.06 bits per heavy atom. The van der Waals surface area contributed by atoms with Crippen LogP contribution >= 0.6 is 0 Å². The molecule has 0 amide bonds. The minimum absolute atomic E-state index is 0.00740. The molecule has 2 aromatic rings. The number of hydrazine groups is 1. The van der Waals surface area contributed by atoms with Gasteiger partial charge in [0.1, 0.15) is 6.07 Å². The molecule has 2 rings (SSSR count). The molecular weight excluding hydrogens is 224 g/mol. The normalized spacial score (nSPS) is 11.3. The predicted octanol–water partition coefficient (Wildman–Crippen LogP) is 2.69. The maximum Gasteiger partial charge on any atom is 0.103 e. The largest absolute Gasteiger partial charge is 0.322 e. The lowest BCUT2D eigenvalue weighted by molar-refractivity contribution is 0.594. The summed E-state index contributed by atoms with van der Waals surface area (Å²) in [6.45, 7) is 6.41. The molecule has 0 saturated heterocycles. The number of benzene rings is 1. The van der Waals surface area contributed by atoms with Crippen molar-refractivity contribution in [3.05, 3.63) is 35.5 Å². The summed E-state index contributed by atoms with van der Waals surface area (Å²) in [4.78, 5) is 4.41. The van der Waals surface area contributed by atoms with Gasteiger partial charge in [0.05, 0.1) is 16.8 Å². The van der Waals surface area contributed by atoms with E-state index in [2.05, 4.69) is 43.3 Å². The summed E-state index contributed by atoms with van der Waals surface area (Å²) in [5.74, 6) is 5.52. The van der Waals surface area contributed by atoms with Gasteiger partial charge in [-0.3, -0.25) is 10.8 Å². The summed E-state index contributed by atoms with van der Waals surface area (Å²) >= 11 is 0. The molecule has 1 aromatic carbocycles. The van der Waals surface area contributed by atoms with Crippen LogP contribution < -0.4 is 11.3 Å². The number of nitriles is 1. The van der Waals surface area contributed by atoms with Crippen molar-refractivity contribution in [3.8, 4) is 6.07 Å². The lowest BCUT2D eigenvalue weighted by Crippen LogP contribution is -2.14. The lowest BCUT2D eigenvalue weighted by atomic mass is 9.85. The molecule has 0 fully saturated rings.